The standard InChI is InChI=1S/C17H28N4/c18-15-17(8-4-1-2-5-9-17)21-13-11-20(12-14-21)16-7-3-6-10-19-16/h3,6-7,10H,1-2,4-5,8-9,11-15,18H2. The van der Waals surface area contributed by atoms with Gasteiger partial charge in [0, 0.05) is 44.5 Å². The van der Waals surface area contributed by atoms with E-state index in [1.54, 1.807) is 0 Å². The van der Waals surface area contributed by atoms with Crippen LogP contribution in [0.2, 0.25) is 0 Å². The molecule has 0 aromatic carbocycles. The van der Waals surface area contributed by atoms with Gasteiger partial charge in [0.2, 0.25) is 0 Å². The van der Waals surface area contributed by atoms with Crippen molar-refractivity contribution in [3.05, 3.63) is 24.4 Å². The quantitative estimate of drug-likeness (QED) is 0.867. The first-order valence-corrected chi connectivity index (χ1v) is 8.45. The van der Waals surface area contributed by atoms with Crippen molar-refractivity contribution >= 4 is 5.82 Å². The lowest BCUT2D eigenvalue weighted by atomic mass is 9.87. The average molecular weight is 288 g/mol. The molecule has 2 heterocycles. The summed E-state index contributed by atoms with van der Waals surface area (Å²) in [6, 6.07) is 6.16. The van der Waals surface area contributed by atoms with Gasteiger partial charge in [-0.05, 0) is 25.0 Å². The predicted octanol–water partition coefficient (Wildman–Crippen LogP) is 2.26. The molecule has 2 N–H and O–H groups in total. The maximum absolute atomic E-state index is 6.22. The van der Waals surface area contributed by atoms with Crippen LogP contribution in [0.3, 0.4) is 0 Å². The Hall–Kier alpha value is -1.13. The molecule has 1 aromatic heterocycles. The maximum atomic E-state index is 6.22. The summed E-state index contributed by atoms with van der Waals surface area (Å²) in [7, 11) is 0. The molecule has 0 spiro atoms. The van der Waals surface area contributed by atoms with Crippen LogP contribution in [0.4, 0.5) is 5.82 Å². The van der Waals surface area contributed by atoms with E-state index in [0.717, 1.165) is 38.5 Å². The van der Waals surface area contributed by atoms with Crippen molar-refractivity contribution in [3.8, 4) is 0 Å². The lowest BCUT2D eigenvalue weighted by Gasteiger charge is -2.47. The minimum atomic E-state index is 0.271. The number of anilines is 1. The zero-order valence-corrected chi connectivity index (χ0v) is 13.0. The molecule has 0 amide bonds. The van der Waals surface area contributed by atoms with E-state index in [0.29, 0.717) is 0 Å². The molecule has 4 heteroatoms. The highest BCUT2D eigenvalue weighted by atomic mass is 15.3. The molecular formula is C17H28N4. The molecule has 1 saturated carbocycles. The lowest BCUT2D eigenvalue weighted by Crippen LogP contribution is -2.60. The monoisotopic (exact) mass is 288 g/mol. The second-order valence-electron chi connectivity index (χ2n) is 6.50. The Balaban J connectivity index is 1.64. The van der Waals surface area contributed by atoms with Crippen LogP contribution >= 0.6 is 0 Å². The molecule has 4 nitrogen and oxygen atoms in total. The second-order valence-corrected chi connectivity index (χ2v) is 6.50. The predicted molar refractivity (Wildman–Crippen MR) is 87.5 cm³/mol. The molecule has 0 radical (unpaired) electrons. The second kappa shape index (κ2) is 6.75. The van der Waals surface area contributed by atoms with E-state index in [4.69, 9.17) is 5.73 Å². The first kappa shape index (κ1) is 14.8. The molecule has 1 saturated heterocycles. The minimum Gasteiger partial charge on any atom is -0.354 e. The zero-order chi connectivity index (χ0) is 14.5. The van der Waals surface area contributed by atoms with E-state index < -0.39 is 0 Å². The maximum Gasteiger partial charge on any atom is 0.128 e. The SMILES string of the molecule is NCC1(N2CCN(c3ccccn3)CC2)CCCCCC1. The van der Waals surface area contributed by atoms with Crippen molar-refractivity contribution in [1.29, 1.82) is 0 Å². The van der Waals surface area contributed by atoms with E-state index in [1.165, 1.54) is 38.5 Å². The Morgan fingerprint density at radius 1 is 1.00 bits per heavy atom. The summed E-state index contributed by atoms with van der Waals surface area (Å²) >= 11 is 0. The normalized spacial score (nSPS) is 23.8. The van der Waals surface area contributed by atoms with Crippen LogP contribution in [0.1, 0.15) is 38.5 Å². The molecule has 2 aliphatic rings. The van der Waals surface area contributed by atoms with Gasteiger partial charge in [-0.2, -0.15) is 0 Å². The van der Waals surface area contributed by atoms with E-state index >= 15 is 0 Å². The van der Waals surface area contributed by atoms with Crippen molar-refractivity contribution in [1.82, 2.24) is 9.88 Å². The minimum absolute atomic E-state index is 0.271. The topological polar surface area (TPSA) is 45.4 Å². The fourth-order valence-corrected chi connectivity index (χ4v) is 3.99. The van der Waals surface area contributed by atoms with Gasteiger partial charge in [-0.25, -0.2) is 4.98 Å². The number of rotatable bonds is 3. The van der Waals surface area contributed by atoms with Crippen LogP contribution in [0.25, 0.3) is 0 Å². The van der Waals surface area contributed by atoms with Crippen LogP contribution in [-0.2, 0) is 0 Å². The highest BCUT2D eigenvalue weighted by molar-refractivity contribution is 5.38. The Kier molecular flexibility index (Phi) is 4.76. The summed E-state index contributed by atoms with van der Waals surface area (Å²) in [6.07, 6.45) is 9.91. The van der Waals surface area contributed by atoms with Gasteiger partial charge in [0.25, 0.3) is 0 Å². The molecule has 0 bridgehead atoms. The third kappa shape index (κ3) is 3.22. The Morgan fingerprint density at radius 3 is 2.29 bits per heavy atom. The number of piperazine rings is 1. The largest absolute Gasteiger partial charge is 0.354 e. The van der Waals surface area contributed by atoms with Gasteiger partial charge >= 0.3 is 0 Å². The molecule has 1 aromatic rings. The fraction of sp³-hybridized carbons (Fsp3) is 0.706. The van der Waals surface area contributed by atoms with Crippen LogP contribution in [0.15, 0.2) is 24.4 Å². The van der Waals surface area contributed by atoms with Gasteiger partial charge < -0.3 is 10.6 Å². The number of hydrogen-bond acceptors (Lipinski definition) is 4. The fourth-order valence-electron chi connectivity index (χ4n) is 3.99. The van der Waals surface area contributed by atoms with E-state index in [9.17, 15) is 0 Å². The van der Waals surface area contributed by atoms with Crippen molar-refractivity contribution < 1.29 is 0 Å². The van der Waals surface area contributed by atoms with Gasteiger partial charge in [-0.1, -0.05) is 31.7 Å². The van der Waals surface area contributed by atoms with Crippen molar-refractivity contribution in [2.24, 2.45) is 5.73 Å². The number of nitrogens with zero attached hydrogens (tertiary/aromatic N) is 3. The average Bonchev–Trinajstić information content (AvgIpc) is 2.82. The molecule has 1 aliphatic heterocycles. The van der Waals surface area contributed by atoms with E-state index in [1.807, 2.05) is 12.3 Å². The molecule has 0 unspecified atom stereocenters. The van der Waals surface area contributed by atoms with E-state index in [2.05, 4.69) is 26.9 Å². The third-order valence-electron chi connectivity index (χ3n) is 5.34. The Bertz CT molecular complexity index is 418. The van der Waals surface area contributed by atoms with Crippen LogP contribution in [-0.4, -0.2) is 48.1 Å². The highest BCUT2D eigenvalue weighted by Crippen LogP contribution is 2.32. The number of nitrogens with two attached hydrogens (primary N) is 1. The van der Waals surface area contributed by atoms with Gasteiger partial charge in [0.05, 0.1) is 0 Å². The molecule has 21 heavy (non-hydrogen) atoms. The lowest BCUT2D eigenvalue weighted by molar-refractivity contribution is 0.0716. The van der Waals surface area contributed by atoms with Crippen LogP contribution in [0.5, 0.6) is 0 Å². The number of pyridine rings is 1. The van der Waals surface area contributed by atoms with Crippen molar-refractivity contribution in [2.75, 3.05) is 37.6 Å². The smallest absolute Gasteiger partial charge is 0.128 e. The molecule has 3 rings (SSSR count). The Labute approximate surface area is 128 Å². The van der Waals surface area contributed by atoms with Gasteiger partial charge in [0.15, 0.2) is 0 Å². The third-order valence-corrected chi connectivity index (χ3v) is 5.34. The molecule has 2 fully saturated rings. The van der Waals surface area contributed by atoms with Gasteiger partial charge in [-0.15, -0.1) is 0 Å². The van der Waals surface area contributed by atoms with Crippen molar-refractivity contribution in [2.45, 2.75) is 44.1 Å². The molecule has 0 atom stereocenters. The summed E-state index contributed by atoms with van der Waals surface area (Å²) < 4.78 is 0. The molecule has 1 aliphatic carbocycles. The van der Waals surface area contributed by atoms with Crippen molar-refractivity contribution in [3.63, 3.8) is 0 Å². The first-order chi connectivity index (χ1) is 10.3. The summed E-state index contributed by atoms with van der Waals surface area (Å²) in [5, 5.41) is 0. The van der Waals surface area contributed by atoms with E-state index in [-0.39, 0.29) is 5.54 Å². The zero-order valence-electron chi connectivity index (χ0n) is 13.0. The van der Waals surface area contributed by atoms with Crippen LogP contribution in [0, 0.1) is 0 Å². The van der Waals surface area contributed by atoms with Crippen LogP contribution < -0.4 is 10.6 Å². The Morgan fingerprint density at radius 2 is 1.71 bits per heavy atom. The summed E-state index contributed by atoms with van der Waals surface area (Å²) in [6.45, 7) is 5.19. The highest BCUT2D eigenvalue weighted by Gasteiger charge is 2.37. The first-order valence-electron chi connectivity index (χ1n) is 8.45. The number of hydrogen-bond donors (Lipinski definition) is 1. The molecular weight excluding hydrogens is 260 g/mol. The summed E-state index contributed by atoms with van der Waals surface area (Å²) in [5.41, 5.74) is 6.49. The van der Waals surface area contributed by atoms with Gasteiger partial charge in [0.1, 0.15) is 5.82 Å². The molecule has 116 valence electrons. The summed E-state index contributed by atoms with van der Waals surface area (Å²) in [5.74, 6) is 1.11. The number of aromatic nitrogens is 1. The van der Waals surface area contributed by atoms with Gasteiger partial charge in [-0.3, -0.25) is 4.90 Å². The summed E-state index contributed by atoms with van der Waals surface area (Å²) in [4.78, 5) is 9.55.